The van der Waals surface area contributed by atoms with Gasteiger partial charge in [-0.15, -0.1) is 0 Å². The zero-order valence-corrected chi connectivity index (χ0v) is 18.2. The van der Waals surface area contributed by atoms with Crippen LogP contribution in [0.15, 0.2) is 12.1 Å². The van der Waals surface area contributed by atoms with Crippen molar-refractivity contribution in [1.82, 2.24) is 15.5 Å². The molecule has 1 saturated heterocycles. The maximum atomic E-state index is 12.9. The molecule has 160 valence electrons. The van der Waals surface area contributed by atoms with Crippen LogP contribution in [0.4, 0.5) is 4.79 Å². The van der Waals surface area contributed by atoms with Crippen molar-refractivity contribution in [3.8, 4) is 11.5 Å². The summed E-state index contributed by atoms with van der Waals surface area (Å²) in [6.07, 6.45) is 2.74. The van der Waals surface area contributed by atoms with Crippen molar-refractivity contribution in [3.05, 3.63) is 22.7 Å². The quantitative estimate of drug-likeness (QED) is 0.709. The number of urea groups is 1. The standard InChI is InChI=1S/C20H28ClN3O4S/c1-14(25)22-5-6-24(16-3-9-29-10-4-16)20(26)23-13-15-11-17(21)19-18(12-15)27-7-2-8-28-19/h11-12,16H,2-10,13H2,1H3,(H,22,25)(H,23,26). The molecule has 0 atom stereocenters. The second-order valence-electron chi connectivity index (χ2n) is 7.13. The van der Waals surface area contributed by atoms with Crippen molar-refractivity contribution in [2.75, 3.05) is 37.8 Å². The summed E-state index contributed by atoms with van der Waals surface area (Å²) in [6, 6.07) is 3.73. The number of amides is 3. The van der Waals surface area contributed by atoms with Crippen LogP contribution in [0, 0.1) is 0 Å². The molecule has 2 aliphatic heterocycles. The largest absolute Gasteiger partial charge is 0.489 e. The molecular weight excluding hydrogens is 414 g/mol. The van der Waals surface area contributed by atoms with Crippen molar-refractivity contribution >= 4 is 35.3 Å². The third kappa shape index (κ3) is 6.34. The van der Waals surface area contributed by atoms with Gasteiger partial charge in [0.15, 0.2) is 11.5 Å². The van der Waals surface area contributed by atoms with E-state index < -0.39 is 0 Å². The monoisotopic (exact) mass is 441 g/mol. The molecule has 9 heteroatoms. The lowest BCUT2D eigenvalue weighted by atomic mass is 10.1. The number of carbonyl (C=O) groups excluding carboxylic acids is 2. The Morgan fingerprint density at radius 3 is 2.72 bits per heavy atom. The molecule has 0 bridgehead atoms. The fourth-order valence-corrected chi connectivity index (χ4v) is 4.83. The predicted octanol–water partition coefficient (Wildman–Crippen LogP) is 3.04. The summed E-state index contributed by atoms with van der Waals surface area (Å²) in [4.78, 5) is 26.0. The SMILES string of the molecule is CC(=O)NCCN(C(=O)NCc1cc(Cl)c2c(c1)OCCCO2)C1CCSCC1. The molecule has 3 amide bonds. The molecule has 0 aromatic heterocycles. The van der Waals surface area contributed by atoms with Gasteiger partial charge < -0.3 is 25.0 Å². The predicted molar refractivity (Wildman–Crippen MR) is 115 cm³/mol. The van der Waals surface area contributed by atoms with Crippen LogP contribution in [0.25, 0.3) is 0 Å². The molecule has 0 saturated carbocycles. The van der Waals surface area contributed by atoms with Gasteiger partial charge in [-0.3, -0.25) is 4.79 Å². The van der Waals surface area contributed by atoms with Crippen LogP contribution < -0.4 is 20.1 Å². The number of thioether (sulfide) groups is 1. The van der Waals surface area contributed by atoms with Crippen molar-refractivity contribution < 1.29 is 19.1 Å². The minimum absolute atomic E-state index is 0.0913. The van der Waals surface area contributed by atoms with E-state index >= 15 is 0 Å². The lowest BCUT2D eigenvalue weighted by molar-refractivity contribution is -0.119. The Morgan fingerprint density at radius 1 is 1.21 bits per heavy atom. The van der Waals surface area contributed by atoms with Crippen LogP contribution in [0.2, 0.25) is 5.02 Å². The number of halogens is 1. The minimum atomic E-state index is -0.129. The van der Waals surface area contributed by atoms with Crippen molar-refractivity contribution in [3.63, 3.8) is 0 Å². The summed E-state index contributed by atoms with van der Waals surface area (Å²) in [7, 11) is 0. The number of hydrogen-bond acceptors (Lipinski definition) is 5. The lowest BCUT2D eigenvalue weighted by Crippen LogP contribution is -2.50. The van der Waals surface area contributed by atoms with E-state index in [0.29, 0.717) is 49.4 Å². The zero-order valence-electron chi connectivity index (χ0n) is 16.7. The first-order valence-electron chi connectivity index (χ1n) is 9.99. The van der Waals surface area contributed by atoms with Crippen molar-refractivity contribution in [2.45, 2.75) is 38.8 Å². The van der Waals surface area contributed by atoms with E-state index in [1.807, 2.05) is 22.7 Å². The smallest absolute Gasteiger partial charge is 0.317 e. The van der Waals surface area contributed by atoms with Gasteiger partial charge in [0.2, 0.25) is 5.91 Å². The van der Waals surface area contributed by atoms with E-state index in [-0.39, 0.29) is 18.0 Å². The Kier molecular flexibility index (Phi) is 8.18. The van der Waals surface area contributed by atoms with Crippen LogP contribution in [0.3, 0.4) is 0 Å². The lowest BCUT2D eigenvalue weighted by Gasteiger charge is -2.34. The molecule has 2 aliphatic rings. The van der Waals surface area contributed by atoms with E-state index in [4.69, 9.17) is 21.1 Å². The van der Waals surface area contributed by atoms with Gasteiger partial charge in [-0.25, -0.2) is 4.79 Å². The Balaban J connectivity index is 1.63. The molecule has 2 N–H and O–H groups in total. The Labute approximate surface area is 180 Å². The highest BCUT2D eigenvalue weighted by Gasteiger charge is 2.25. The summed E-state index contributed by atoms with van der Waals surface area (Å²) >= 11 is 8.26. The number of rotatable bonds is 6. The van der Waals surface area contributed by atoms with Crippen LogP contribution in [-0.2, 0) is 11.3 Å². The summed E-state index contributed by atoms with van der Waals surface area (Å²) in [5.74, 6) is 3.19. The van der Waals surface area contributed by atoms with Gasteiger partial charge in [-0.2, -0.15) is 11.8 Å². The third-order valence-electron chi connectivity index (χ3n) is 4.92. The minimum Gasteiger partial charge on any atom is -0.489 e. The molecule has 0 aliphatic carbocycles. The summed E-state index contributed by atoms with van der Waals surface area (Å²) < 4.78 is 11.4. The number of fused-ring (bicyclic) bond motifs is 1. The zero-order chi connectivity index (χ0) is 20.6. The molecule has 3 rings (SSSR count). The van der Waals surface area contributed by atoms with E-state index in [1.165, 1.54) is 6.92 Å². The average molecular weight is 442 g/mol. The summed E-state index contributed by atoms with van der Waals surface area (Å²) in [5.41, 5.74) is 0.855. The third-order valence-corrected chi connectivity index (χ3v) is 6.25. The van der Waals surface area contributed by atoms with Gasteiger partial charge in [0.25, 0.3) is 0 Å². The first-order chi connectivity index (χ1) is 14.0. The van der Waals surface area contributed by atoms with Crippen LogP contribution >= 0.6 is 23.4 Å². The molecule has 7 nitrogen and oxygen atoms in total. The van der Waals surface area contributed by atoms with E-state index in [9.17, 15) is 9.59 Å². The Hall–Kier alpha value is -1.80. The van der Waals surface area contributed by atoms with Gasteiger partial charge in [0.05, 0.1) is 18.2 Å². The summed E-state index contributed by atoms with van der Waals surface area (Å²) in [6.45, 7) is 3.91. The highest BCUT2D eigenvalue weighted by Crippen LogP contribution is 2.38. The molecule has 0 spiro atoms. The molecule has 29 heavy (non-hydrogen) atoms. The van der Waals surface area contributed by atoms with Gasteiger partial charge >= 0.3 is 6.03 Å². The van der Waals surface area contributed by atoms with E-state index in [1.54, 1.807) is 6.07 Å². The molecule has 1 aromatic carbocycles. The highest BCUT2D eigenvalue weighted by atomic mass is 35.5. The van der Waals surface area contributed by atoms with Gasteiger partial charge in [-0.05, 0) is 42.0 Å². The number of hydrogen-bond donors (Lipinski definition) is 2. The number of ether oxygens (including phenoxy) is 2. The maximum Gasteiger partial charge on any atom is 0.317 e. The Morgan fingerprint density at radius 2 is 1.97 bits per heavy atom. The number of benzene rings is 1. The fourth-order valence-electron chi connectivity index (χ4n) is 3.46. The second kappa shape index (κ2) is 10.8. The normalized spacial score (nSPS) is 16.6. The van der Waals surface area contributed by atoms with Crippen LogP contribution in [0.1, 0.15) is 31.7 Å². The first-order valence-corrected chi connectivity index (χ1v) is 11.5. The second-order valence-corrected chi connectivity index (χ2v) is 8.77. The topological polar surface area (TPSA) is 79.9 Å². The highest BCUT2D eigenvalue weighted by molar-refractivity contribution is 7.99. The average Bonchev–Trinajstić information content (AvgIpc) is 2.96. The first kappa shape index (κ1) is 21.9. The number of carbonyl (C=O) groups is 2. The number of nitrogens with one attached hydrogen (secondary N) is 2. The molecule has 0 radical (unpaired) electrons. The van der Waals surface area contributed by atoms with Gasteiger partial charge in [-0.1, -0.05) is 11.6 Å². The fraction of sp³-hybridized carbons (Fsp3) is 0.600. The van der Waals surface area contributed by atoms with Gasteiger partial charge in [0.1, 0.15) is 0 Å². The van der Waals surface area contributed by atoms with Crippen LogP contribution in [-0.4, -0.2) is 60.7 Å². The summed E-state index contributed by atoms with van der Waals surface area (Å²) in [5, 5.41) is 6.26. The van der Waals surface area contributed by atoms with Crippen LogP contribution in [0.5, 0.6) is 11.5 Å². The van der Waals surface area contributed by atoms with Crippen molar-refractivity contribution in [1.29, 1.82) is 0 Å². The Bertz CT molecular complexity index is 728. The molecular formula is C20H28ClN3O4S. The van der Waals surface area contributed by atoms with E-state index in [2.05, 4.69) is 10.6 Å². The number of nitrogens with zero attached hydrogens (tertiary/aromatic N) is 1. The molecule has 0 unspecified atom stereocenters. The molecule has 1 fully saturated rings. The van der Waals surface area contributed by atoms with Gasteiger partial charge in [0, 0.05) is 39.0 Å². The molecule has 1 aromatic rings. The maximum absolute atomic E-state index is 12.9. The molecule has 2 heterocycles. The van der Waals surface area contributed by atoms with Crippen molar-refractivity contribution in [2.24, 2.45) is 0 Å². The van der Waals surface area contributed by atoms with E-state index in [0.717, 1.165) is 36.3 Å².